The van der Waals surface area contributed by atoms with Gasteiger partial charge in [-0.2, -0.15) is 0 Å². The first-order valence-corrected chi connectivity index (χ1v) is 9.13. The third-order valence-corrected chi connectivity index (χ3v) is 5.03. The lowest BCUT2D eigenvalue weighted by Crippen LogP contribution is -2.14. The van der Waals surface area contributed by atoms with Crippen molar-refractivity contribution in [2.75, 3.05) is 5.32 Å². The minimum absolute atomic E-state index is 0.0511. The number of nitrogens with one attached hydrogen (secondary N) is 1. The number of carbonyl (C=O) groups excluding carboxylic acids is 1. The summed E-state index contributed by atoms with van der Waals surface area (Å²) in [6.07, 6.45) is 0.848. The summed E-state index contributed by atoms with van der Waals surface area (Å²) in [5.74, 6) is -1.35. The zero-order valence-corrected chi connectivity index (χ0v) is 15.1. The number of nitrogens with zero attached hydrogens (tertiary/aromatic N) is 1. The van der Waals surface area contributed by atoms with Crippen molar-refractivity contribution in [1.29, 1.82) is 0 Å². The molecule has 0 spiro atoms. The second-order valence-corrected chi connectivity index (χ2v) is 6.73. The maximum Gasteiger partial charge on any atom is 0.339 e. The third-order valence-electron chi connectivity index (χ3n) is 4.00. The predicted molar refractivity (Wildman–Crippen MR) is 106 cm³/mol. The molecule has 2 aromatic carbocycles. The summed E-state index contributed by atoms with van der Waals surface area (Å²) in [4.78, 5) is 28.0. The summed E-state index contributed by atoms with van der Waals surface area (Å²) in [6.45, 7) is 7.11. The number of aromatic carboxylic acids is 1. The van der Waals surface area contributed by atoms with Gasteiger partial charge in [0.2, 0.25) is 5.91 Å². The Balaban J connectivity index is 1.80. The molecule has 2 N–H and O–H groups in total. The van der Waals surface area contributed by atoms with E-state index >= 15 is 0 Å². The van der Waals surface area contributed by atoms with Crippen LogP contribution in [0, 0.1) is 6.57 Å². The van der Waals surface area contributed by atoms with Crippen molar-refractivity contribution in [3.05, 3.63) is 82.5 Å². The maximum atomic E-state index is 12.3. The largest absolute Gasteiger partial charge is 0.478 e. The lowest BCUT2D eigenvalue weighted by atomic mass is 10.1. The normalized spacial score (nSPS) is 10.2. The van der Waals surface area contributed by atoms with Crippen LogP contribution >= 0.6 is 11.3 Å². The number of hydrogen-bond acceptors (Lipinski definition) is 3. The van der Waals surface area contributed by atoms with E-state index in [9.17, 15) is 14.7 Å². The van der Waals surface area contributed by atoms with Crippen LogP contribution in [0.5, 0.6) is 0 Å². The van der Waals surface area contributed by atoms with Gasteiger partial charge in [0.05, 0.1) is 12.3 Å². The summed E-state index contributed by atoms with van der Waals surface area (Å²) in [5, 5.41) is 14.0. The number of aryl methyl sites for hydroxylation is 1. The highest BCUT2D eigenvalue weighted by atomic mass is 32.1. The molecule has 0 unspecified atom stereocenters. The fourth-order valence-corrected chi connectivity index (χ4v) is 3.70. The van der Waals surface area contributed by atoms with E-state index in [0.29, 0.717) is 22.5 Å². The molecule has 0 atom stereocenters. The van der Waals surface area contributed by atoms with Crippen molar-refractivity contribution < 1.29 is 14.7 Å². The quantitative estimate of drug-likeness (QED) is 0.578. The molecule has 134 valence electrons. The smallest absolute Gasteiger partial charge is 0.339 e. The van der Waals surface area contributed by atoms with E-state index in [4.69, 9.17) is 6.57 Å². The molecule has 0 fully saturated rings. The molecule has 0 aliphatic heterocycles. The van der Waals surface area contributed by atoms with Gasteiger partial charge >= 0.3 is 5.97 Å². The van der Waals surface area contributed by atoms with Crippen LogP contribution in [0.2, 0.25) is 0 Å². The molecular weight excluding hydrogens is 360 g/mol. The van der Waals surface area contributed by atoms with Gasteiger partial charge in [-0.3, -0.25) is 4.79 Å². The number of anilines is 1. The van der Waals surface area contributed by atoms with Gasteiger partial charge in [0.15, 0.2) is 5.69 Å². The van der Waals surface area contributed by atoms with Crippen molar-refractivity contribution in [1.82, 2.24) is 0 Å². The van der Waals surface area contributed by atoms with Crippen molar-refractivity contribution in [3.63, 3.8) is 0 Å². The zero-order chi connectivity index (χ0) is 19.2. The Morgan fingerprint density at radius 2 is 1.89 bits per heavy atom. The van der Waals surface area contributed by atoms with E-state index in [2.05, 4.69) is 10.2 Å². The van der Waals surface area contributed by atoms with Gasteiger partial charge in [0.1, 0.15) is 5.56 Å². The highest BCUT2D eigenvalue weighted by Gasteiger charge is 2.21. The maximum absolute atomic E-state index is 12.3. The molecule has 0 aliphatic carbocycles. The van der Waals surface area contributed by atoms with Gasteiger partial charge in [-0.25, -0.2) is 9.64 Å². The first kappa shape index (κ1) is 18.4. The Morgan fingerprint density at radius 3 is 2.59 bits per heavy atom. The van der Waals surface area contributed by atoms with Crippen LogP contribution in [-0.2, 0) is 11.2 Å². The van der Waals surface area contributed by atoms with E-state index in [1.54, 1.807) is 29.6 Å². The number of hydrogen-bond donors (Lipinski definition) is 2. The molecule has 0 saturated heterocycles. The molecule has 1 aromatic heterocycles. The molecule has 1 heterocycles. The number of carboxylic acids is 1. The lowest BCUT2D eigenvalue weighted by Gasteiger charge is -2.07. The summed E-state index contributed by atoms with van der Waals surface area (Å²) < 4.78 is 0. The molecule has 1 amide bonds. The van der Waals surface area contributed by atoms with Gasteiger partial charge in [0.25, 0.3) is 0 Å². The number of carbonyl (C=O) groups is 2. The Kier molecular flexibility index (Phi) is 5.64. The Morgan fingerprint density at radius 1 is 1.11 bits per heavy atom. The Hall–Kier alpha value is -3.43. The van der Waals surface area contributed by atoms with Crippen LogP contribution in [0.3, 0.4) is 0 Å². The van der Waals surface area contributed by atoms with Gasteiger partial charge in [0, 0.05) is 16.7 Å². The fourth-order valence-electron chi connectivity index (χ4n) is 2.71. The fraction of sp³-hybridized carbons (Fsp3) is 0.0952. The first-order valence-electron chi connectivity index (χ1n) is 8.25. The summed E-state index contributed by atoms with van der Waals surface area (Å²) in [7, 11) is 0. The minimum Gasteiger partial charge on any atom is -0.478 e. The number of amides is 1. The summed E-state index contributed by atoms with van der Waals surface area (Å²) in [6, 6.07) is 16.4. The number of benzene rings is 2. The molecule has 5 nitrogen and oxygen atoms in total. The van der Waals surface area contributed by atoms with Crippen LogP contribution in [0.15, 0.2) is 60.0 Å². The van der Waals surface area contributed by atoms with Crippen molar-refractivity contribution in [3.8, 4) is 10.4 Å². The van der Waals surface area contributed by atoms with Crippen molar-refractivity contribution in [2.45, 2.75) is 12.8 Å². The average Bonchev–Trinajstić information content (AvgIpc) is 3.11. The second-order valence-electron chi connectivity index (χ2n) is 5.85. The van der Waals surface area contributed by atoms with E-state index < -0.39 is 5.97 Å². The van der Waals surface area contributed by atoms with Crippen LogP contribution in [0.4, 0.5) is 11.4 Å². The van der Waals surface area contributed by atoms with E-state index in [1.165, 1.54) is 11.3 Å². The predicted octanol–water partition coefficient (Wildman–Crippen LogP) is 5.24. The molecule has 3 aromatic rings. The summed E-state index contributed by atoms with van der Waals surface area (Å²) >= 11 is 1.23. The van der Waals surface area contributed by atoms with Crippen LogP contribution < -0.4 is 5.32 Å². The van der Waals surface area contributed by atoms with Crippen molar-refractivity contribution in [2.24, 2.45) is 0 Å². The summed E-state index contributed by atoms with van der Waals surface area (Å²) in [5.41, 5.74) is 2.47. The van der Waals surface area contributed by atoms with Gasteiger partial charge < -0.3 is 10.4 Å². The molecule has 0 radical (unpaired) electrons. The highest BCUT2D eigenvalue weighted by Crippen LogP contribution is 2.37. The molecule has 6 heteroatoms. The van der Waals surface area contributed by atoms with Gasteiger partial charge in [-0.15, -0.1) is 11.3 Å². The SMILES string of the molecule is [C-]#[N+]c1cccc(-c2scc(NC(=O)CCc3ccccc3)c2C(=O)O)c1. The molecular formula is C21H16N2O3S. The number of thiophene rings is 1. The van der Waals surface area contributed by atoms with E-state index in [0.717, 1.165) is 5.56 Å². The standard InChI is InChI=1S/C21H16N2O3S/c1-22-16-9-5-8-15(12-16)20-19(21(25)26)17(13-27-20)23-18(24)11-10-14-6-3-2-4-7-14/h2-9,12-13H,10-11H2,(H,23,24)(H,25,26). The van der Waals surface area contributed by atoms with Crippen LogP contribution in [-0.4, -0.2) is 17.0 Å². The molecule has 0 saturated carbocycles. The minimum atomic E-state index is -1.11. The van der Waals surface area contributed by atoms with Crippen LogP contribution in [0.25, 0.3) is 15.3 Å². The number of carboxylic acid groups (broad SMARTS) is 1. The lowest BCUT2D eigenvalue weighted by molar-refractivity contribution is -0.116. The third kappa shape index (κ3) is 4.40. The molecule has 0 bridgehead atoms. The van der Waals surface area contributed by atoms with Gasteiger partial charge in [-0.1, -0.05) is 48.5 Å². The highest BCUT2D eigenvalue weighted by molar-refractivity contribution is 7.14. The van der Waals surface area contributed by atoms with Crippen molar-refractivity contribution >= 4 is 34.6 Å². The van der Waals surface area contributed by atoms with E-state index in [-0.39, 0.29) is 23.6 Å². The zero-order valence-electron chi connectivity index (χ0n) is 14.3. The van der Waals surface area contributed by atoms with Gasteiger partial charge in [-0.05, 0) is 23.6 Å². The molecule has 3 rings (SSSR count). The first-order chi connectivity index (χ1) is 13.1. The second kappa shape index (κ2) is 8.30. The molecule has 27 heavy (non-hydrogen) atoms. The number of rotatable bonds is 6. The average molecular weight is 376 g/mol. The topological polar surface area (TPSA) is 70.8 Å². The van der Waals surface area contributed by atoms with Crippen LogP contribution in [0.1, 0.15) is 22.3 Å². The van der Waals surface area contributed by atoms with E-state index in [1.807, 2.05) is 30.3 Å². The Bertz CT molecular complexity index is 1020. The molecule has 0 aliphatic rings. The Labute approximate surface area is 160 Å². The monoisotopic (exact) mass is 376 g/mol.